The molecule has 1 atom stereocenters. The van der Waals surface area contributed by atoms with Gasteiger partial charge in [-0.25, -0.2) is 4.68 Å². The summed E-state index contributed by atoms with van der Waals surface area (Å²) in [6, 6.07) is 2.66. The van der Waals surface area contributed by atoms with Crippen LogP contribution in [-0.2, 0) is 0 Å². The highest BCUT2D eigenvalue weighted by molar-refractivity contribution is 9.09. The number of nitro benzene ring substituents is 1. The molecule has 2 aromatic rings. The molecular formula is C11H9BrCl2N4O2. The van der Waals surface area contributed by atoms with E-state index in [0.717, 1.165) is 6.42 Å². The van der Waals surface area contributed by atoms with Crippen LogP contribution in [0, 0.1) is 10.1 Å². The molecule has 0 aliphatic rings. The molecule has 0 saturated heterocycles. The molecule has 1 heterocycles. The molecule has 6 nitrogen and oxygen atoms in total. The molecule has 1 aromatic carbocycles. The Hall–Kier alpha value is -1.18. The molecule has 20 heavy (non-hydrogen) atoms. The third-order valence-corrected chi connectivity index (χ3v) is 4.25. The van der Waals surface area contributed by atoms with Gasteiger partial charge in [0, 0.05) is 11.1 Å². The summed E-state index contributed by atoms with van der Waals surface area (Å²) in [6.07, 6.45) is 2.42. The number of rotatable bonds is 4. The van der Waals surface area contributed by atoms with E-state index in [2.05, 4.69) is 26.2 Å². The van der Waals surface area contributed by atoms with Crippen LogP contribution < -0.4 is 0 Å². The lowest BCUT2D eigenvalue weighted by Gasteiger charge is -2.05. The summed E-state index contributed by atoms with van der Waals surface area (Å²) in [5.41, 5.74) is 0.602. The van der Waals surface area contributed by atoms with Gasteiger partial charge in [0.1, 0.15) is 0 Å². The van der Waals surface area contributed by atoms with Gasteiger partial charge in [-0.1, -0.05) is 51.3 Å². The minimum absolute atomic E-state index is 0.0291. The molecule has 2 rings (SSSR count). The monoisotopic (exact) mass is 378 g/mol. The average Bonchev–Trinajstić information content (AvgIpc) is 2.86. The molecule has 0 spiro atoms. The first-order chi connectivity index (χ1) is 9.43. The summed E-state index contributed by atoms with van der Waals surface area (Å²) in [5, 5.41) is 19.3. The van der Waals surface area contributed by atoms with Crippen molar-refractivity contribution >= 4 is 44.8 Å². The van der Waals surface area contributed by atoms with Crippen molar-refractivity contribution in [3.05, 3.63) is 44.2 Å². The van der Waals surface area contributed by atoms with E-state index in [0.29, 0.717) is 5.69 Å². The van der Waals surface area contributed by atoms with Crippen molar-refractivity contribution in [3.8, 4) is 5.69 Å². The van der Waals surface area contributed by atoms with Gasteiger partial charge in [-0.05, 0) is 12.5 Å². The normalized spacial score (nSPS) is 12.4. The lowest BCUT2D eigenvalue weighted by molar-refractivity contribution is -0.384. The van der Waals surface area contributed by atoms with Crippen molar-refractivity contribution in [2.75, 3.05) is 0 Å². The first-order valence-corrected chi connectivity index (χ1v) is 7.31. The Labute approximate surface area is 133 Å². The van der Waals surface area contributed by atoms with E-state index >= 15 is 0 Å². The Morgan fingerprint density at radius 1 is 1.50 bits per heavy atom. The molecule has 0 N–H and O–H groups in total. The van der Waals surface area contributed by atoms with Crippen LogP contribution in [0.1, 0.15) is 23.9 Å². The van der Waals surface area contributed by atoms with Gasteiger partial charge in [0.2, 0.25) is 0 Å². The van der Waals surface area contributed by atoms with Crippen molar-refractivity contribution in [1.82, 2.24) is 15.0 Å². The van der Waals surface area contributed by atoms with E-state index in [1.807, 2.05) is 6.92 Å². The molecule has 0 aliphatic heterocycles. The molecule has 1 unspecified atom stereocenters. The Balaban J connectivity index is 2.57. The third-order valence-electron chi connectivity index (χ3n) is 2.62. The summed E-state index contributed by atoms with van der Waals surface area (Å²) in [6.45, 7) is 1.98. The number of alkyl halides is 1. The Morgan fingerprint density at radius 3 is 2.80 bits per heavy atom. The molecule has 106 valence electrons. The van der Waals surface area contributed by atoms with Crippen LogP contribution in [0.4, 0.5) is 5.69 Å². The number of aromatic nitrogens is 3. The average molecular weight is 380 g/mol. The van der Waals surface area contributed by atoms with Crippen LogP contribution in [0.15, 0.2) is 18.3 Å². The molecule has 0 amide bonds. The third kappa shape index (κ3) is 2.94. The zero-order valence-electron chi connectivity index (χ0n) is 10.3. The van der Waals surface area contributed by atoms with Crippen LogP contribution >= 0.6 is 39.1 Å². The topological polar surface area (TPSA) is 73.8 Å². The van der Waals surface area contributed by atoms with Gasteiger partial charge >= 0.3 is 0 Å². The first kappa shape index (κ1) is 15.2. The zero-order valence-corrected chi connectivity index (χ0v) is 13.4. The standard InChI is InChI=1S/C11H9BrCl2N4O2/c1-2-7(12)9-5-17(16-15-9)11-8(14)3-6(13)4-10(11)18(19)20/h3-5,7H,2H2,1H3. The summed E-state index contributed by atoms with van der Waals surface area (Å²) in [5.74, 6) is 0. The maximum Gasteiger partial charge on any atom is 0.297 e. The number of halogens is 3. The van der Waals surface area contributed by atoms with Crippen molar-refractivity contribution in [2.45, 2.75) is 18.2 Å². The number of nitro groups is 1. The second-order valence-corrected chi connectivity index (χ2v) is 5.93. The Morgan fingerprint density at radius 2 is 2.20 bits per heavy atom. The van der Waals surface area contributed by atoms with Gasteiger partial charge in [0.25, 0.3) is 5.69 Å². The number of hydrogen-bond donors (Lipinski definition) is 0. The van der Waals surface area contributed by atoms with E-state index in [4.69, 9.17) is 23.2 Å². The highest BCUT2D eigenvalue weighted by Crippen LogP contribution is 2.34. The van der Waals surface area contributed by atoms with Gasteiger partial charge in [-0.2, -0.15) is 0 Å². The summed E-state index contributed by atoms with van der Waals surface area (Å²) in [4.78, 5) is 10.6. The number of nitrogens with zero attached hydrogens (tertiary/aromatic N) is 4. The number of benzene rings is 1. The summed E-state index contributed by atoms with van der Waals surface area (Å²) in [7, 11) is 0. The SMILES string of the molecule is CCC(Br)c1cn(-c2c(Cl)cc(Cl)cc2[N+](=O)[O-])nn1. The minimum Gasteiger partial charge on any atom is -0.258 e. The van der Waals surface area contributed by atoms with Crippen LogP contribution in [-0.4, -0.2) is 19.9 Å². The molecule has 0 saturated carbocycles. The van der Waals surface area contributed by atoms with E-state index in [1.54, 1.807) is 6.20 Å². The lowest BCUT2D eigenvalue weighted by Crippen LogP contribution is -2.02. The molecule has 9 heteroatoms. The predicted octanol–water partition coefficient (Wildman–Crippen LogP) is 4.33. The fourth-order valence-electron chi connectivity index (χ4n) is 1.66. The highest BCUT2D eigenvalue weighted by atomic mass is 79.9. The molecule has 0 bridgehead atoms. The Kier molecular flexibility index (Phi) is 4.62. The van der Waals surface area contributed by atoms with Gasteiger partial charge in [-0.3, -0.25) is 10.1 Å². The van der Waals surface area contributed by atoms with Crippen molar-refractivity contribution in [2.24, 2.45) is 0 Å². The van der Waals surface area contributed by atoms with Crippen molar-refractivity contribution < 1.29 is 4.92 Å². The van der Waals surface area contributed by atoms with Gasteiger partial charge in [0.05, 0.1) is 26.7 Å². The largest absolute Gasteiger partial charge is 0.297 e. The molecule has 0 radical (unpaired) electrons. The fraction of sp³-hybridized carbons (Fsp3) is 0.273. The van der Waals surface area contributed by atoms with E-state index < -0.39 is 4.92 Å². The smallest absolute Gasteiger partial charge is 0.258 e. The molecule has 1 aromatic heterocycles. The Bertz CT molecular complexity index is 662. The van der Waals surface area contributed by atoms with E-state index in [9.17, 15) is 10.1 Å². The molecule has 0 aliphatic carbocycles. The van der Waals surface area contributed by atoms with E-state index in [1.165, 1.54) is 16.8 Å². The highest BCUT2D eigenvalue weighted by Gasteiger charge is 2.22. The predicted molar refractivity (Wildman–Crippen MR) is 80.0 cm³/mol. The van der Waals surface area contributed by atoms with Crippen molar-refractivity contribution in [3.63, 3.8) is 0 Å². The fourth-order valence-corrected chi connectivity index (χ4v) is 2.44. The van der Waals surface area contributed by atoms with Gasteiger partial charge in [-0.15, -0.1) is 5.10 Å². The zero-order chi connectivity index (χ0) is 14.9. The summed E-state index contributed by atoms with van der Waals surface area (Å²) < 4.78 is 1.29. The molecule has 0 fully saturated rings. The summed E-state index contributed by atoms with van der Waals surface area (Å²) >= 11 is 15.3. The van der Waals surface area contributed by atoms with Gasteiger partial charge in [0.15, 0.2) is 5.69 Å². The first-order valence-electron chi connectivity index (χ1n) is 5.64. The van der Waals surface area contributed by atoms with Gasteiger partial charge < -0.3 is 0 Å². The van der Waals surface area contributed by atoms with Crippen molar-refractivity contribution in [1.29, 1.82) is 0 Å². The lowest BCUT2D eigenvalue weighted by atomic mass is 10.2. The van der Waals surface area contributed by atoms with Crippen LogP contribution in [0.3, 0.4) is 0 Å². The van der Waals surface area contributed by atoms with Crippen LogP contribution in [0.2, 0.25) is 10.0 Å². The maximum atomic E-state index is 11.1. The number of hydrogen-bond acceptors (Lipinski definition) is 4. The van der Waals surface area contributed by atoms with E-state index in [-0.39, 0.29) is 26.2 Å². The van der Waals surface area contributed by atoms with Crippen LogP contribution in [0.25, 0.3) is 5.69 Å². The second kappa shape index (κ2) is 6.07. The second-order valence-electron chi connectivity index (χ2n) is 3.98. The quantitative estimate of drug-likeness (QED) is 0.450. The van der Waals surface area contributed by atoms with Crippen LogP contribution in [0.5, 0.6) is 0 Å². The molecular weight excluding hydrogens is 371 g/mol. The maximum absolute atomic E-state index is 11.1. The minimum atomic E-state index is -0.556.